The number of amides is 3. The number of hydrogen-bond donors (Lipinski definition) is 3. The summed E-state index contributed by atoms with van der Waals surface area (Å²) in [5, 5.41) is 2.63. The highest BCUT2D eigenvalue weighted by atomic mass is 16.2. The van der Waals surface area contributed by atoms with Crippen molar-refractivity contribution in [3.63, 3.8) is 0 Å². The van der Waals surface area contributed by atoms with Crippen LogP contribution in [0.2, 0.25) is 0 Å². The van der Waals surface area contributed by atoms with Gasteiger partial charge in [-0.2, -0.15) is 0 Å². The molecule has 0 unspecified atom stereocenters. The quantitative estimate of drug-likeness (QED) is 0.587. The molecule has 0 bridgehead atoms. The topological polar surface area (TPSA) is 100 Å². The zero-order valence-corrected chi connectivity index (χ0v) is 9.47. The molecule has 94 valence electrons. The van der Waals surface area contributed by atoms with Gasteiger partial charge in [-0.3, -0.25) is 30.2 Å². The van der Waals surface area contributed by atoms with Crippen molar-refractivity contribution in [1.29, 1.82) is 0 Å². The Kier molecular flexibility index (Phi) is 3.52. The molecule has 0 spiro atoms. The molecule has 18 heavy (non-hydrogen) atoms. The predicted molar refractivity (Wildman–Crippen MR) is 60.5 cm³/mol. The van der Waals surface area contributed by atoms with Crippen LogP contribution >= 0.6 is 0 Å². The first-order chi connectivity index (χ1) is 8.66. The molecule has 0 saturated carbocycles. The number of hydrogen-bond acceptors (Lipinski definition) is 4. The SMILES string of the molecule is O=C(CC1C(=O)NNC1=O)NCc1cccnc1. The van der Waals surface area contributed by atoms with Gasteiger partial charge in [0.25, 0.3) is 11.8 Å². The van der Waals surface area contributed by atoms with Crippen LogP contribution in [-0.2, 0) is 20.9 Å². The van der Waals surface area contributed by atoms with Gasteiger partial charge in [0.05, 0.1) is 0 Å². The van der Waals surface area contributed by atoms with Crippen molar-refractivity contribution in [2.24, 2.45) is 5.92 Å². The molecule has 3 N–H and O–H groups in total. The first kappa shape index (κ1) is 12.0. The van der Waals surface area contributed by atoms with E-state index >= 15 is 0 Å². The van der Waals surface area contributed by atoms with Gasteiger partial charge in [0.15, 0.2) is 0 Å². The molecule has 1 fully saturated rings. The summed E-state index contributed by atoms with van der Waals surface area (Å²) in [6.45, 7) is 0.322. The van der Waals surface area contributed by atoms with Gasteiger partial charge < -0.3 is 5.32 Å². The molecule has 1 aliphatic rings. The van der Waals surface area contributed by atoms with Crippen LogP contribution in [0.15, 0.2) is 24.5 Å². The number of nitrogens with one attached hydrogen (secondary N) is 3. The summed E-state index contributed by atoms with van der Waals surface area (Å²) in [5.74, 6) is -2.25. The van der Waals surface area contributed by atoms with E-state index in [2.05, 4.69) is 21.2 Å². The second kappa shape index (κ2) is 5.26. The molecule has 0 atom stereocenters. The van der Waals surface area contributed by atoms with Crippen LogP contribution in [-0.4, -0.2) is 22.7 Å². The first-order valence-corrected chi connectivity index (χ1v) is 5.42. The third-order valence-corrected chi connectivity index (χ3v) is 2.54. The van der Waals surface area contributed by atoms with Gasteiger partial charge in [-0.25, -0.2) is 0 Å². The molecule has 1 aromatic rings. The number of carbonyl (C=O) groups is 3. The van der Waals surface area contributed by atoms with Crippen LogP contribution in [0.4, 0.5) is 0 Å². The standard InChI is InChI=1S/C11H12N4O3/c16-9(4-8-10(17)14-15-11(8)18)13-6-7-2-1-3-12-5-7/h1-3,5,8H,4,6H2,(H,13,16)(H,14,17)(H,15,18). The normalized spacial score (nSPS) is 15.1. The van der Waals surface area contributed by atoms with E-state index in [-0.39, 0.29) is 12.3 Å². The minimum atomic E-state index is -0.945. The minimum absolute atomic E-state index is 0.155. The molecule has 7 heteroatoms. The molecular formula is C11H12N4O3. The average molecular weight is 248 g/mol. The first-order valence-electron chi connectivity index (χ1n) is 5.42. The van der Waals surface area contributed by atoms with E-state index in [1.165, 1.54) is 0 Å². The van der Waals surface area contributed by atoms with Gasteiger partial charge >= 0.3 is 0 Å². The van der Waals surface area contributed by atoms with Crippen LogP contribution in [0.1, 0.15) is 12.0 Å². The van der Waals surface area contributed by atoms with Crippen LogP contribution in [0.5, 0.6) is 0 Å². The summed E-state index contributed by atoms with van der Waals surface area (Å²) in [6.07, 6.45) is 3.12. The molecule has 1 saturated heterocycles. The Bertz CT molecular complexity index is 458. The summed E-state index contributed by atoms with van der Waals surface area (Å²) in [7, 11) is 0. The van der Waals surface area contributed by atoms with E-state index in [0.717, 1.165) is 5.56 Å². The Hall–Kier alpha value is -2.44. The molecule has 0 aliphatic carbocycles. The van der Waals surface area contributed by atoms with Gasteiger partial charge in [-0.05, 0) is 11.6 Å². The van der Waals surface area contributed by atoms with Crippen molar-refractivity contribution in [3.05, 3.63) is 30.1 Å². The molecule has 0 radical (unpaired) electrons. The lowest BCUT2D eigenvalue weighted by Gasteiger charge is -2.06. The number of carbonyl (C=O) groups excluding carboxylic acids is 3. The van der Waals surface area contributed by atoms with Gasteiger partial charge in [-0.15, -0.1) is 0 Å². The summed E-state index contributed by atoms with van der Waals surface area (Å²) < 4.78 is 0. The van der Waals surface area contributed by atoms with Crippen molar-refractivity contribution in [1.82, 2.24) is 21.2 Å². The molecule has 1 aliphatic heterocycles. The van der Waals surface area contributed by atoms with Crippen molar-refractivity contribution in [2.75, 3.05) is 0 Å². The lowest BCUT2D eigenvalue weighted by atomic mass is 10.1. The zero-order chi connectivity index (χ0) is 13.0. The van der Waals surface area contributed by atoms with E-state index in [1.807, 2.05) is 6.07 Å². The van der Waals surface area contributed by atoms with Crippen LogP contribution in [0, 0.1) is 5.92 Å². The molecule has 2 heterocycles. The minimum Gasteiger partial charge on any atom is -0.352 e. The number of aromatic nitrogens is 1. The van der Waals surface area contributed by atoms with Crippen LogP contribution in [0.25, 0.3) is 0 Å². The fourth-order valence-corrected chi connectivity index (χ4v) is 1.56. The van der Waals surface area contributed by atoms with Crippen LogP contribution < -0.4 is 16.2 Å². The van der Waals surface area contributed by atoms with Crippen molar-refractivity contribution in [2.45, 2.75) is 13.0 Å². The third-order valence-electron chi connectivity index (χ3n) is 2.54. The average Bonchev–Trinajstić information content (AvgIpc) is 2.69. The summed E-state index contributed by atoms with van der Waals surface area (Å²) in [6, 6.07) is 3.58. The molecule has 2 rings (SSSR count). The van der Waals surface area contributed by atoms with E-state index < -0.39 is 17.7 Å². The Morgan fingerprint density at radius 1 is 1.33 bits per heavy atom. The zero-order valence-electron chi connectivity index (χ0n) is 9.47. The molecule has 1 aromatic heterocycles. The van der Waals surface area contributed by atoms with Crippen LogP contribution in [0.3, 0.4) is 0 Å². The lowest BCUT2D eigenvalue weighted by Crippen LogP contribution is -2.30. The Morgan fingerprint density at radius 2 is 2.06 bits per heavy atom. The number of rotatable bonds is 4. The molecular weight excluding hydrogens is 236 g/mol. The Labute approximate surface area is 103 Å². The fourth-order valence-electron chi connectivity index (χ4n) is 1.56. The van der Waals surface area contributed by atoms with Crippen molar-refractivity contribution >= 4 is 17.7 Å². The summed E-state index contributed by atoms with van der Waals surface area (Å²) in [4.78, 5) is 37.9. The van der Waals surface area contributed by atoms with E-state index in [9.17, 15) is 14.4 Å². The fraction of sp³-hybridized carbons (Fsp3) is 0.273. The Morgan fingerprint density at radius 3 is 2.67 bits per heavy atom. The van der Waals surface area contributed by atoms with E-state index in [0.29, 0.717) is 6.54 Å². The Balaban J connectivity index is 1.82. The van der Waals surface area contributed by atoms with E-state index in [1.54, 1.807) is 18.5 Å². The second-order valence-corrected chi connectivity index (χ2v) is 3.87. The van der Waals surface area contributed by atoms with Gasteiger partial charge in [0, 0.05) is 25.4 Å². The monoisotopic (exact) mass is 248 g/mol. The smallest absolute Gasteiger partial charge is 0.251 e. The molecule has 3 amide bonds. The largest absolute Gasteiger partial charge is 0.352 e. The van der Waals surface area contributed by atoms with Gasteiger partial charge in [0.2, 0.25) is 5.91 Å². The van der Waals surface area contributed by atoms with Crippen molar-refractivity contribution in [3.8, 4) is 0 Å². The predicted octanol–water partition coefficient (Wildman–Crippen LogP) is -1.13. The second-order valence-electron chi connectivity index (χ2n) is 3.87. The number of pyridine rings is 1. The maximum absolute atomic E-state index is 11.6. The number of hydrazine groups is 1. The summed E-state index contributed by atoms with van der Waals surface area (Å²) >= 11 is 0. The molecule has 7 nitrogen and oxygen atoms in total. The maximum atomic E-state index is 11.6. The third kappa shape index (κ3) is 2.82. The maximum Gasteiger partial charge on any atom is 0.251 e. The van der Waals surface area contributed by atoms with E-state index in [4.69, 9.17) is 0 Å². The lowest BCUT2D eigenvalue weighted by molar-refractivity contribution is -0.133. The summed E-state index contributed by atoms with van der Waals surface area (Å²) in [5.41, 5.74) is 5.19. The highest BCUT2D eigenvalue weighted by Gasteiger charge is 2.34. The molecule has 0 aromatic carbocycles. The highest BCUT2D eigenvalue weighted by molar-refractivity contribution is 6.07. The number of nitrogens with zero attached hydrogens (tertiary/aromatic N) is 1. The van der Waals surface area contributed by atoms with Crippen molar-refractivity contribution < 1.29 is 14.4 Å². The van der Waals surface area contributed by atoms with Gasteiger partial charge in [0.1, 0.15) is 5.92 Å². The van der Waals surface area contributed by atoms with Gasteiger partial charge in [-0.1, -0.05) is 6.07 Å². The highest BCUT2D eigenvalue weighted by Crippen LogP contribution is 2.07.